The van der Waals surface area contributed by atoms with Crippen LogP contribution >= 0.6 is 12.4 Å². The Bertz CT molecular complexity index is 731. The highest BCUT2D eigenvalue weighted by molar-refractivity contribution is 5.98. The minimum atomic E-state index is -3.49. The van der Waals surface area contributed by atoms with Gasteiger partial charge in [0.15, 0.2) is 0 Å². The molecule has 1 atom stereocenters. The monoisotopic (exact) mass is 366 g/mol. The molecule has 0 radical (unpaired) electrons. The van der Waals surface area contributed by atoms with Crippen molar-refractivity contribution in [1.29, 1.82) is 0 Å². The van der Waals surface area contributed by atoms with Crippen molar-refractivity contribution in [1.82, 2.24) is 15.1 Å². The van der Waals surface area contributed by atoms with E-state index in [0.717, 1.165) is 0 Å². The maximum atomic E-state index is 14.1. The summed E-state index contributed by atoms with van der Waals surface area (Å²) in [5.41, 5.74) is 0.270. The van der Waals surface area contributed by atoms with Gasteiger partial charge in [-0.25, -0.2) is 4.68 Å². The summed E-state index contributed by atoms with van der Waals surface area (Å²) >= 11 is 0. The first kappa shape index (κ1) is 18.5. The van der Waals surface area contributed by atoms with E-state index in [1.165, 1.54) is 24.4 Å². The standard InChI is InChI=1S/C14H14F4N4O.ClH/c15-13(16)22-11-2-1-10(5-8(11)6-20-22)21-12(23)14(17,18)9-3-4-19-7-9;/h1-2,5-6,9,13,19H,3-4,7H2,(H,21,23);1H. The largest absolute Gasteiger partial charge is 0.333 e. The van der Waals surface area contributed by atoms with E-state index in [1.807, 2.05) is 0 Å². The molecule has 1 aliphatic rings. The Morgan fingerprint density at radius 2 is 2.17 bits per heavy atom. The van der Waals surface area contributed by atoms with Crippen molar-refractivity contribution >= 4 is 34.9 Å². The van der Waals surface area contributed by atoms with Gasteiger partial charge in [-0.3, -0.25) is 4.79 Å². The molecule has 24 heavy (non-hydrogen) atoms. The highest BCUT2D eigenvalue weighted by atomic mass is 35.5. The van der Waals surface area contributed by atoms with Gasteiger partial charge in [0.25, 0.3) is 5.91 Å². The van der Waals surface area contributed by atoms with E-state index in [9.17, 15) is 22.4 Å². The van der Waals surface area contributed by atoms with Gasteiger partial charge >= 0.3 is 12.5 Å². The van der Waals surface area contributed by atoms with Crippen LogP contribution in [0, 0.1) is 5.92 Å². The molecule has 132 valence electrons. The molecular formula is C14H15ClF4N4O. The third-order valence-corrected chi connectivity index (χ3v) is 3.91. The topological polar surface area (TPSA) is 59.0 Å². The second kappa shape index (κ2) is 6.94. The number of benzene rings is 1. The molecule has 0 spiro atoms. The molecule has 0 aliphatic carbocycles. The first-order valence-electron chi connectivity index (χ1n) is 7.05. The first-order valence-corrected chi connectivity index (χ1v) is 7.05. The van der Waals surface area contributed by atoms with Crippen LogP contribution in [0.2, 0.25) is 0 Å². The van der Waals surface area contributed by atoms with Crippen molar-refractivity contribution in [3.05, 3.63) is 24.4 Å². The predicted octanol–water partition coefficient (Wildman–Crippen LogP) is 3.04. The highest BCUT2D eigenvalue weighted by Crippen LogP contribution is 2.31. The van der Waals surface area contributed by atoms with Crippen molar-refractivity contribution in [3.63, 3.8) is 0 Å². The lowest BCUT2D eigenvalue weighted by Crippen LogP contribution is -2.42. The summed E-state index contributed by atoms with van der Waals surface area (Å²) in [6.07, 6.45) is 1.41. The van der Waals surface area contributed by atoms with Gasteiger partial charge in [0.1, 0.15) is 0 Å². The van der Waals surface area contributed by atoms with Crippen LogP contribution in [0.3, 0.4) is 0 Å². The Morgan fingerprint density at radius 3 is 2.79 bits per heavy atom. The molecule has 1 unspecified atom stereocenters. The Morgan fingerprint density at radius 1 is 1.42 bits per heavy atom. The molecule has 1 aliphatic heterocycles. The van der Waals surface area contributed by atoms with Crippen LogP contribution in [0.4, 0.5) is 23.2 Å². The molecule has 10 heteroatoms. The number of nitrogens with one attached hydrogen (secondary N) is 2. The average Bonchev–Trinajstić information content (AvgIpc) is 3.16. The van der Waals surface area contributed by atoms with Crippen molar-refractivity contribution < 1.29 is 22.4 Å². The van der Waals surface area contributed by atoms with Crippen LogP contribution in [0.5, 0.6) is 0 Å². The average molecular weight is 367 g/mol. The van der Waals surface area contributed by atoms with Gasteiger partial charge < -0.3 is 10.6 Å². The molecule has 2 N–H and O–H groups in total. The van der Waals surface area contributed by atoms with E-state index in [2.05, 4.69) is 15.7 Å². The number of anilines is 1. The van der Waals surface area contributed by atoms with Gasteiger partial charge in [-0.1, -0.05) is 0 Å². The summed E-state index contributed by atoms with van der Waals surface area (Å²) in [7, 11) is 0. The lowest BCUT2D eigenvalue weighted by Gasteiger charge is -2.21. The quantitative estimate of drug-likeness (QED) is 0.818. The number of halogens is 5. The first-order chi connectivity index (χ1) is 10.9. The fourth-order valence-corrected chi connectivity index (χ4v) is 2.65. The molecule has 2 heterocycles. The number of alkyl halides is 4. The molecule has 1 fully saturated rings. The maximum absolute atomic E-state index is 14.1. The second-order valence-electron chi connectivity index (χ2n) is 5.41. The number of aromatic nitrogens is 2. The smallest absolute Gasteiger partial charge is 0.321 e. The summed E-state index contributed by atoms with van der Waals surface area (Å²) in [6, 6.07) is 3.94. The molecular weight excluding hydrogens is 352 g/mol. The lowest BCUT2D eigenvalue weighted by molar-refractivity contribution is -0.146. The minimum Gasteiger partial charge on any atom is -0.321 e. The summed E-state index contributed by atoms with van der Waals surface area (Å²) in [4.78, 5) is 11.8. The Labute approximate surface area is 140 Å². The number of fused-ring (bicyclic) bond motifs is 1. The fourth-order valence-electron chi connectivity index (χ4n) is 2.65. The van der Waals surface area contributed by atoms with Gasteiger partial charge in [0.05, 0.1) is 11.7 Å². The van der Waals surface area contributed by atoms with Gasteiger partial charge in [-0.05, 0) is 31.2 Å². The second-order valence-corrected chi connectivity index (χ2v) is 5.41. The SMILES string of the molecule is Cl.O=C(Nc1ccc2c(cnn2C(F)F)c1)C(F)(F)C1CCNC1. The van der Waals surface area contributed by atoms with Crippen LogP contribution in [0.15, 0.2) is 24.4 Å². The van der Waals surface area contributed by atoms with Crippen molar-refractivity contribution in [2.45, 2.75) is 18.9 Å². The normalized spacial score (nSPS) is 18.0. The predicted molar refractivity (Wildman–Crippen MR) is 82.8 cm³/mol. The lowest BCUT2D eigenvalue weighted by atomic mass is 10.00. The minimum absolute atomic E-state index is 0. The van der Waals surface area contributed by atoms with Crippen molar-refractivity contribution in [2.75, 3.05) is 18.4 Å². The Kier molecular flexibility index (Phi) is 5.34. The van der Waals surface area contributed by atoms with Gasteiger partial charge in [0, 0.05) is 23.5 Å². The molecule has 1 aromatic heterocycles. The van der Waals surface area contributed by atoms with E-state index in [0.29, 0.717) is 16.6 Å². The van der Waals surface area contributed by atoms with E-state index >= 15 is 0 Å². The van der Waals surface area contributed by atoms with Gasteiger partial charge in [-0.15, -0.1) is 12.4 Å². The van der Waals surface area contributed by atoms with Crippen LogP contribution in [-0.2, 0) is 4.79 Å². The number of nitrogens with zero attached hydrogens (tertiary/aromatic N) is 2. The number of carbonyl (C=O) groups excluding carboxylic acids is 1. The van der Waals surface area contributed by atoms with Crippen LogP contribution in [-0.4, -0.2) is 34.7 Å². The summed E-state index contributed by atoms with van der Waals surface area (Å²) in [5.74, 6) is -5.94. The van der Waals surface area contributed by atoms with E-state index in [4.69, 9.17) is 0 Å². The van der Waals surface area contributed by atoms with Crippen LogP contribution < -0.4 is 10.6 Å². The summed E-state index contributed by atoms with van der Waals surface area (Å²) in [5, 5.41) is 8.79. The van der Waals surface area contributed by atoms with Crippen LogP contribution in [0.1, 0.15) is 13.0 Å². The third-order valence-electron chi connectivity index (χ3n) is 3.91. The molecule has 1 aromatic carbocycles. The molecule has 1 saturated heterocycles. The molecule has 5 nitrogen and oxygen atoms in total. The Hall–Kier alpha value is -1.87. The summed E-state index contributed by atoms with van der Waals surface area (Å²) < 4.78 is 54.0. The van der Waals surface area contributed by atoms with Gasteiger partial charge in [0.2, 0.25) is 0 Å². The fraction of sp³-hybridized carbons (Fsp3) is 0.429. The number of carbonyl (C=O) groups is 1. The van der Waals surface area contributed by atoms with E-state index < -0.39 is 24.3 Å². The van der Waals surface area contributed by atoms with Gasteiger partial charge in [-0.2, -0.15) is 22.7 Å². The molecule has 1 amide bonds. The van der Waals surface area contributed by atoms with Crippen LogP contribution in [0.25, 0.3) is 10.9 Å². The Balaban J connectivity index is 0.00000208. The zero-order valence-electron chi connectivity index (χ0n) is 12.3. The molecule has 2 aromatic rings. The van der Waals surface area contributed by atoms with E-state index in [1.54, 1.807) is 0 Å². The molecule has 0 bridgehead atoms. The zero-order valence-corrected chi connectivity index (χ0v) is 13.1. The highest BCUT2D eigenvalue weighted by Gasteiger charge is 2.48. The molecule has 3 rings (SSSR count). The third kappa shape index (κ3) is 3.32. The number of hydrogen-bond acceptors (Lipinski definition) is 3. The number of hydrogen-bond donors (Lipinski definition) is 2. The zero-order chi connectivity index (χ0) is 16.6. The molecule has 0 saturated carbocycles. The number of amides is 1. The maximum Gasteiger partial charge on any atom is 0.333 e. The summed E-state index contributed by atoms with van der Waals surface area (Å²) in [6.45, 7) is -2.26. The van der Waals surface area contributed by atoms with Crippen molar-refractivity contribution in [2.24, 2.45) is 5.92 Å². The van der Waals surface area contributed by atoms with Crippen molar-refractivity contribution in [3.8, 4) is 0 Å². The number of rotatable bonds is 4. The van der Waals surface area contributed by atoms with E-state index in [-0.39, 0.29) is 36.6 Å².